The zero-order valence-corrected chi connectivity index (χ0v) is 12.5. The molecule has 0 atom stereocenters. The summed E-state index contributed by atoms with van der Waals surface area (Å²) in [5, 5.41) is 10.9. The molecule has 1 aliphatic carbocycles. The molecule has 20 heavy (non-hydrogen) atoms. The van der Waals surface area contributed by atoms with Crippen LogP contribution in [-0.2, 0) is 10.0 Å². The van der Waals surface area contributed by atoms with Gasteiger partial charge in [-0.2, -0.15) is 11.8 Å². The number of hydrogen-bond donors (Lipinski definition) is 2. The molecule has 3 N–H and O–H groups in total. The molecular formula is C11H15N3O4S2. The standard InChI is InChI=1S/C11H15N3O4S2/c1-19-11(4-5-11)7-13-20(17,18)10-6-8(12)2-3-9(10)14(15)16/h2-3,6,13H,4-5,7,12H2,1H3. The van der Waals surface area contributed by atoms with Gasteiger partial charge in [-0.15, -0.1) is 0 Å². The van der Waals surface area contributed by atoms with E-state index in [0.29, 0.717) is 0 Å². The average Bonchev–Trinajstić information content (AvgIpc) is 3.17. The summed E-state index contributed by atoms with van der Waals surface area (Å²) in [5.74, 6) is 0. The molecule has 0 amide bonds. The van der Waals surface area contributed by atoms with E-state index in [0.717, 1.165) is 25.0 Å². The lowest BCUT2D eigenvalue weighted by Crippen LogP contribution is -2.32. The fourth-order valence-corrected chi connectivity index (χ4v) is 3.94. The Labute approximate surface area is 121 Å². The number of anilines is 1. The summed E-state index contributed by atoms with van der Waals surface area (Å²) in [7, 11) is -3.95. The van der Waals surface area contributed by atoms with Crippen molar-refractivity contribution in [2.24, 2.45) is 0 Å². The van der Waals surface area contributed by atoms with Gasteiger partial charge in [0.05, 0.1) is 4.92 Å². The summed E-state index contributed by atoms with van der Waals surface area (Å²) in [6.07, 6.45) is 3.80. The average molecular weight is 317 g/mol. The molecule has 7 nitrogen and oxygen atoms in total. The Morgan fingerprint density at radius 2 is 2.15 bits per heavy atom. The summed E-state index contributed by atoms with van der Waals surface area (Å²) in [5.41, 5.74) is 5.22. The van der Waals surface area contributed by atoms with Crippen LogP contribution in [0.3, 0.4) is 0 Å². The van der Waals surface area contributed by atoms with Crippen LogP contribution in [0, 0.1) is 10.1 Å². The number of hydrogen-bond acceptors (Lipinski definition) is 6. The van der Waals surface area contributed by atoms with Crippen LogP contribution >= 0.6 is 11.8 Å². The molecule has 0 aliphatic heterocycles. The zero-order valence-electron chi connectivity index (χ0n) is 10.8. The van der Waals surface area contributed by atoms with E-state index in [1.807, 2.05) is 6.26 Å². The minimum Gasteiger partial charge on any atom is -0.399 e. The van der Waals surface area contributed by atoms with Gasteiger partial charge in [0.1, 0.15) is 0 Å². The molecule has 1 saturated carbocycles. The van der Waals surface area contributed by atoms with Crippen molar-refractivity contribution < 1.29 is 13.3 Å². The Balaban J connectivity index is 2.29. The molecule has 0 heterocycles. The van der Waals surface area contributed by atoms with Crippen LogP contribution in [0.2, 0.25) is 0 Å². The first-order valence-corrected chi connectivity index (χ1v) is 8.59. The Kier molecular flexibility index (Phi) is 3.94. The molecule has 1 aliphatic rings. The Bertz CT molecular complexity index is 641. The van der Waals surface area contributed by atoms with Crippen LogP contribution in [0.25, 0.3) is 0 Å². The first kappa shape index (κ1) is 15.1. The third-order valence-electron chi connectivity index (χ3n) is 3.30. The lowest BCUT2D eigenvalue weighted by atomic mass is 10.3. The summed E-state index contributed by atoms with van der Waals surface area (Å²) in [6, 6.07) is 3.52. The summed E-state index contributed by atoms with van der Waals surface area (Å²) in [4.78, 5) is 9.80. The highest BCUT2D eigenvalue weighted by Gasteiger charge is 2.43. The van der Waals surface area contributed by atoms with Crippen LogP contribution in [0.15, 0.2) is 23.1 Å². The number of rotatable bonds is 6. The van der Waals surface area contributed by atoms with Gasteiger partial charge in [-0.3, -0.25) is 10.1 Å². The maximum atomic E-state index is 12.2. The molecule has 1 aromatic carbocycles. The highest BCUT2D eigenvalue weighted by Crippen LogP contribution is 2.46. The van der Waals surface area contributed by atoms with Crippen LogP contribution in [0.5, 0.6) is 0 Å². The molecular weight excluding hydrogens is 302 g/mol. The van der Waals surface area contributed by atoms with Gasteiger partial charge in [-0.1, -0.05) is 0 Å². The Hall–Kier alpha value is -1.32. The van der Waals surface area contributed by atoms with E-state index in [-0.39, 0.29) is 21.9 Å². The number of nitrogens with two attached hydrogens (primary N) is 1. The molecule has 0 aromatic heterocycles. The van der Waals surface area contributed by atoms with E-state index in [2.05, 4.69) is 4.72 Å². The van der Waals surface area contributed by atoms with E-state index in [9.17, 15) is 18.5 Å². The number of sulfonamides is 1. The molecule has 0 saturated heterocycles. The molecule has 0 bridgehead atoms. The Morgan fingerprint density at radius 1 is 1.50 bits per heavy atom. The van der Waals surface area contributed by atoms with Crippen molar-refractivity contribution >= 4 is 33.2 Å². The van der Waals surface area contributed by atoms with Gasteiger partial charge in [0, 0.05) is 23.0 Å². The van der Waals surface area contributed by atoms with Crippen molar-refractivity contribution in [2.75, 3.05) is 18.5 Å². The van der Waals surface area contributed by atoms with E-state index in [1.54, 1.807) is 11.8 Å². The number of nitro groups is 1. The van der Waals surface area contributed by atoms with Gasteiger partial charge >= 0.3 is 0 Å². The number of nitro benzene ring substituents is 1. The van der Waals surface area contributed by atoms with Gasteiger partial charge < -0.3 is 5.73 Å². The van der Waals surface area contributed by atoms with Crippen LogP contribution in [0.1, 0.15) is 12.8 Å². The first-order valence-electron chi connectivity index (χ1n) is 5.88. The normalized spacial score (nSPS) is 16.9. The van der Waals surface area contributed by atoms with Gasteiger partial charge in [-0.25, -0.2) is 13.1 Å². The number of nitrogen functional groups attached to an aromatic ring is 1. The molecule has 0 radical (unpaired) electrons. The fraction of sp³-hybridized carbons (Fsp3) is 0.455. The smallest absolute Gasteiger partial charge is 0.289 e. The second-order valence-electron chi connectivity index (χ2n) is 4.70. The summed E-state index contributed by atoms with van der Waals surface area (Å²) in [6.45, 7) is 0.266. The fourth-order valence-electron chi connectivity index (χ4n) is 1.79. The monoisotopic (exact) mass is 317 g/mol. The van der Waals surface area contributed by atoms with E-state index < -0.39 is 20.6 Å². The quantitative estimate of drug-likeness (QED) is 0.465. The number of benzene rings is 1. The number of nitrogens with zero attached hydrogens (tertiary/aromatic N) is 1. The maximum absolute atomic E-state index is 12.2. The number of nitrogens with one attached hydrogen (secondary N) is 1. The van der Waals surface area contributed by atoms with Crippen molar-refractivity contribution in [3.8, 4) is 0 Å². The molecule has 0 spiro atoms. The van der Waals surface area contributed by atoms with Gasteiger partial charge in [0.25, 0.3) is 5.69 Å². The predicted molar refractivity (Wildman–Crippen MR) is 78.2 cm³/mol. The van der Waals surface area contributed by atoms with E-state index in [1.165, 1.54) is 6.07 Å². The topological polar surface area (TPSA) is 115 Å². The zero-order chi connectivity index (χ0) is 15.0. The van der Waals surface area contributed by atoms with Gasteiger partial charge in [-0.05, 0) is 31.2 Å². The maximum Gasteiger partial charge on any atom is 0.289 e. The van der Waals surface area contributed by atoms with E-state index in [4.69, 9.17) is 5.73 Å². The highest BCUT2D eigenvalue weighted by molar-refractivity contribution is 8.00. The second kappa shape index (κ2) is 5.23. The van der Waals surface area contributed by atoms with Crippen LogP contribution in [-0.4, -0.2) is 30.9 Å². The van der Waals surface area contributed by atoms with Crippen LogP contribution in [0.4, 0.5) is 11.4 Å². The number of thioether (sulfide) groups is 1. The molecule has 110 valence electrons. The molecule has 1 fully saturated rings. The Morgan fingerprint density at radius 3 is 2.65 bits per heavy atom. The van der Waals surface area contributed by atoms with Crippen LogP contribution < -0.4 is 10.5 Å². The first-order chi connectivity index (χ1) is 9.30. The van der Waals surface area contributed by atoms with Crippen molar-refractivity contribution in [3.05, 3.63) is 28.3 Å². The van der Waals surface area contributed by atoms with Gasteiger partial charge in [0.15, 0.2) is 4.90 Å². The van der Waals surface area contributed by atoms with E-state index >= 15 is 0 Å². The summed E-state index contributed by atoms with van der Waals surface area (Å²) < 4.78 is 26.8. The molecule has 0 unspecified atom stereocenters. The van der Waals surface area contributed by atoms with Crippen molar-refractivity contribution in [3.63, 3.8) is 0 Å². The minimum absolute atomic E-state index is 0.0673. The predicted octanol–water partition coefficient (Wildman–Crippen LogP) is 1.35. The highest BCUT2D eigenvalue weighted by atomic mass is 32.2. The molecule has 2 rings (SSSR count). The minimum atomic E-state index is -3.95. The van der Waals surface area contributed by atoms with Gasteiger partial charge in [0.2, 0.25) is 10.0 Å². The third kappa shape index (κ3) is 3.05. The van der Waals surface area contributed by atoms with Crippen molar-refractivity contribution in [1.82, 2.24) is 4.72 Å². The second-order valence-corrected chi connectivity index (χ2v) is 7.71. The molecule has 9 heteroatoms. The lowest BCUT2D eigenvalue weighted by Gasteiger charge is -2.13. The van der Waals surface area contributed by atoms with Crippen molar-refractivity contribution in [1.29, 1.82) is 0 Å². The molecule has 1 aromatic rings. The van der Waals surface area contributed by atoms with Crippen molar-refractivity contribution in [2.45, 2.75) is 22.5 Å². The SMILES string of the molecule is CSC1(CNS(=O)(=O)c2cc(N)ccc2[N+](=O)[O-])CC1. The third-order valence-corrected chi connectivity index (χ3v) is 6.14. The summed E-state index contributed by atoms with van der Waals surface area (Å²) >= 11 is 1.60. The lowest BCUT2D eigenvalue weighted by molar-refractivity contribution is -0.387. The largest absolute Gasteiger partial charge is 0.399 e.